The summed E-state index contributed by atoms with van der Waals surface area (Å²) in [7, 11) is 0. The van der Waals surface area contributed by atoms with E-state index in [2.05, 4.69) is 20.4 Å². The van der Waals surface area contributed by atoms with Gasteiger partial charge in [-0.1, -0.05) is 0 Å². The molecule has 0 saturated carbocycles. The number of carbonyl (C=O) groups is 1. The lowest BCUT2D eigenvalue weighted by Gasteiger charge is -2.33. The maximum atomic E-state index is 12.8. The highest BCUT2D eigenvalue weighted by Crippen LogP contribution is 2.25. The van der Waals surface area contributed by atoms with Gasteiger partial charge >= 0.3 is 0 Å². The topological polar surface area (TPSA) is 127 Å². The van der Waals surface area contributed by atoms with Gasteiger partial charge in [0.2, 0.25) is 0 Å². The van der Waals surface area contributed by atoms with Crippen molar-refractivity contribution in [2.75, 3.05) is 32.8 Å². The summed E-state index contributed by atoms with van der Waals surface area (Å²) in [6, 6.07) is 7.93. The van der Waals surface area contributed by atoms with Crippen LogP contribution in [0.4, 0.5) is 5.69 Å². The number of rotatable bonds is 6. The van der Waals surface area contributed by atoms with E-state index in [1.54, 1.807) is 6.07 Å². The third kappa shape index (κ3) is 3.98. The first-order valence-electron chi connectivity index (χ1n) is 9.32. The fraction of sp³-hybridized carbons (Fsp3) is 0.368. The van der Waals surface area contributed by atoms with Crippen LogP contribution in [0.25, 0.3) is 10.9 Å². The highest BCUT2D eigenvalue weighted by Gasteiger charge is 2.26. The second-order valence-corrected chi connectivity index (χ2v) is 6.88. The van der Waals surface area contributed by atoms with Crippen LogP contribution >= 0.6 is 0 Å². The van der Waals surface area contributed by atoms with Crippen molar-refractivity contribution in [1.82, 2.24) is 20.4 Å². The molecule has 1 amide bonds. The average Bonchev–Trinajstić information content (AvgIpc) is 3.34. The molecule has 0 radical (unpaired) electrons. The van der Waals surface area contributed by atoms with E-state index in [4.69, 9.17) is 9.15 Å². The molecule has 0 bridgehead atoms. The molecule has 1 aromatic carbocycles. The summed E-state index contributed by atoms with van der Waals surface area (Å²) in [6.07, 6.45) is 0. The van der Waals surface area contributed by atoms with E-state index in [1.807, 2.05) is 19.1 Å². The van der Waals surface area contributed by atoms with Gasteiger partial charge < -0.3 is 14.5 Å². The summed E-state index contributed by atoms with van der Waals surface area (Å²) < 4.78 is 11.2. The summed E-state index contributed by atoms with van der Waals surface area (Å²) in [5.41, 5.74) is 0.595. The number of furan rings is 1. The summed E-state index contributed by atoms with van der Waals surface area (Å²) in [4.78, 5) is 25.5. The normalized spacial score (nSPS) is 16.0. The number of aryl methyl sites for hydroxylation is 1. The van der Waals surface area contributed by atoms with E-state index in [0.717, 1.165) is 24.6 Å². The SMILES string of the molecule is Cc1ccc([C@@H](CNC(=O)c2n[nH]c3ccc([N+](=O)[O-])cc23)N2CCOCC2)o1. The Labute approximate surface area is 166 Å². The monoisotopic (exact) mass is 399 g/mol. The number of aromatic amines is 1. The Morgan fingerprint density at radius 2 is 2.14 bits per heavy atom. The van der Waals surface area contributed by atoms with Crippen LogP contribution in [0, 0.1) is 17.0 Å². The Kier molecular flexibility index (Phi) is 5.28. The number of nitro benzene ring substituents is 1. The first-order chi connectivity index (χ1) is 14.0. The standard InChI is InChI=1S/C19H21N5O5/c1-12-2-5-17(29-12)16(23-6-8-28-9-7-23)11-20-19(25)18-14-10-13(24(26)27)3-4-15(14)21-22-18/h2-5,10,16H,6-9,11H2,1H3,(H,20,25)(H,21,22)/t16-/m1/s1. The van der Waals surface area contributed by atoms with E-state index < -0.39 is 10.8 Å². The summed E-state index contributed by atoms with van der Waals surface area (Å²) in [5.74, 6) is 1.17. The minimum Gasteiger partial charge on any atom is -0.465 e. The van der Waals surface area contributed by atoms with Gasteiger partial charge in [-0.05, 0) is 25.1 Å². The number of ether oxygens (including phenoxy) is 1. The average molecular weight is 399 g/mol. The van der Waals surface area contributed by atoms with Crippen molar-refractivity contribution in [3.63, 3.8) is 0 Å². The highest BCUT2D eigenvalue weighted by atomic mass is 16.6. The first-order valence-corrected chi connectivity index (χ1v) is 9.32. The zero-order chi connectivity index (χ0) is 20.4. The predicted octanol–water partition coefficient (Wildman–Crippen LogP) is 2.18. The van der Waals surface area contributed by atoms with Crippen molar-refractivity contribution in [2.24, 2.45) is 0 Å². The lowest BCUT2D eigenvalue weighted by molar-refractivity contribution is -0.384. The number of benzene rings is 1. The highest BCUT2D eigenvalue weighted by molar-refractivity contribution is 6.05. The molecule has 1 atom stereocenters. The molecule has 0 unspecified atom stereocenters. The van der Waals surface area contributed by atoms with Gasteiger partial charge in [-0.2, -0.15) is 5.10 Å². The van der Waals surface area contributed by atoms with Crippen LogP contribution < -0.4 is 5.32 Å². The fourth-order valence-corrected chi connectivity index (χ4v) is 3.49. The minimum atomic E-state index is -0.498. The molecule has 4 rings (SSSR count). The number of amides is 1. The van der Waals surface area contributed by atoms with Gasteiger partial charge in [0.05, 0.1) is 29.7 Å². The van der Waals surface area contributed by atoms with Gasteiger partial charge in [0, 0.05) is 37.2 Å². The number of carbonyl (C=O) groups excluding carboxylic acids is 1. The molecule has 2 N–H and O–H groups in total. The third-order valence-electron chi connectivity index (χ3n) is 5.00. The molecule has 1 saturated heterocycles. The molecule has 2 aromatic heterocycles. The third-order valence-corrected chi connectivity index (χ3v) is 5.00. The number of fused-ring (bicyclic) bond motifs is 1. The van der Waals surface area contributed by atoms with E-state index in [1.165, 1.54) is 12.1 Å². The lowest BCUT2D eigenvalue weighted by atomic mass is 10.1. The van der Waals surface area contributed by atoms with Crippen molar-refractivity contribution in [3.05, 3.63) is 57.7 Å². The number of nitrogens with zero attached hydrogens (tertiary/aromatic N) is 3. The summed E-state index contributed by atoms with van der Waals surface area (Å²) >= 11 is 0. The van der Waals surface area contributed by atoms with Gasteiger partial charge in [0.1, 0.15) is 11.5 Å². The molecular formula is C19H21N5O5. The van der Waals surface area contributed by atoms with Gasteiger partial charge in [-0.25, -0.2) is 0 Å². The second kappa shape index (κ2) is 8.02. The molecule has 3 heterocycles. The van der Waals surface area contributed by atoms with Crippen LogP contribution in [0.15, 0.2) is 34.7 Å². The van der Waals surface area contributed by atoms with Crippen LogP contribution in [-0.2, 0) is 4.74 Å². The Morgan fingerprint density at radius 1 is 1.34 bits per heavy atom. The number of hydrogen-bond acceptors (Lipinski definition) is 7. The largest absolute Gasteiger partial charge is 0.465 e. The zero-order valence-electron chi connectivity index (χ0n) is 15.9. The Hall–Kier alpha value is -3.24. The number of aromatic nitrogens is 2. The van der Waals surface area contributed by atoms with Crippen molar-refractivity contribution >= 4 is 22.5 Å². The maximum Gasteiger partial charge on any atom is 0.272 e. The molecule has 10 heteroatoms. The molecular weight excluding hydrogens is 378 g/mol. The number of H-pyrrole nitrogens is 1. The van der Waals surface area contributed by atoms with Crippen LogP contribution in [0.3, 0.4) is 0 Å². The Morgan fingerprint density at radius 3 is 2.83 bits per heavy atom. The van der Waals surface area contributed by atoms with Crippen LogP contribution in [0.1, 0.15) is 28.1 Å². The molecule has 0 aliphatic carbocycles. The first kappa shape index (κ1) is 19.1. The van der Waals surface area contributed by atoms with Crippen LogP contribution in [0.5, 0.6) is 0 Å². The fourth-order valence-electron chi connectivity index (χ4n) is 3.49. The molecule has 3 aromatic rings. The van der Waals surface area contributed by atoms with Gasteiger partial charge in [-0.15, -0.1) is 0 Å². The van der Waals surface area contributed by atoms with E-state index >= 15 is 0 Å². The number of nitro groups is 1. The van der Waals surface area contributed by atoms with E-state index in [-0.39, 0.29) is 17.4 Å². The van der Waals surface area contributed by atoms with Gasteiger partial charge in [-0.3, -0.25) is 24.9 Å². The molecule has 1 aliphatic rings. The van der Waals surface area contributed by atoms with E-state index in [9.17, 15) is 14.9 Å². The number of morpholine rings is 1. The molecule has 1 fully saturated rings. The zero-order valence-corrected chi connectivity index (χ0v) is 15.9. The summed E-state index contributed by atoms with van der Waals surface area (Å²) in [6.45, 7) is 4.90. The second-order valence-electron chi connectivity index (χ2n) is 6.88. The van der Waals surface area contributed by atoms with Crippen molar-refractivity contribution in [3.8, 4) is 0 Å². The van der Waals surface area contributed by atoms with Gasteiger partial charge in [0.25, 0.3) is 11.6 Å². The molecule has 0 spiro atoms. The maximum absolute atomic E-state index is 12.8. The summed E-state index contributed by atoms with van der Waals surface area (Å²) in [5, 5.41) is 21.1. The Balaban J connectivity index is 1.54. The van der Waals surface area contributed by atoms with Crippen LogP contribution in [0.2, 0.25) is 0 Å². The molecule has 10 nitrogen and oxygen atoms in total. The molecule has 152 valence electrons. The number of nitrogens with one attached hydrogen (secondary N) is 2. The van der Waals surface area contributed by atoms with Gasteiger partial charge in [0.15, 0.2) is 5.69 Å². The van der Waals surface area contributed by atoms with Crippen molar-refractivity contribution in [1.29, 1.82) is 0 Å². The lowest BCUT2D eigenvalue weighted by Crippen LogP contribution is -2.43. The Bertz CT molecular complexity index is 1040. The quantitative estimate of drug-likeness (QED) is 0.480. The molecule has 1 aliphatic heterocycles. The molecule has 29 heavy (non-hydrogen) atoms. The number of hydrogen-bond donors (Lipinski definition) is 2. The smallest absolute Gasteiger partial charge is 0.272 e. The predicted molar refractivity (Wildman–Crippen MR) is 104 cm³/mol. The number of non-ortho nitro benzene ring substituents is 1. The van der Waals surface area contributed by atoms with Crippen LogP contribution in [-0.4, -0.2) is 58.8 Å². The van der Waals surface area contributed by atoms with Crippen molar-refractivity contribution in [2.45, 2.75) is 13.0 Å². The minimum absolute atomic E-state index is 0.0924. The van der Waals surface area contributed by atoms with E-state index in [0.29, 0.717) is 30.7 Å². The van der Waals surface area contributed by atoms with Crippen molar-refractivity contribution < 1.29 is 18.9 Å².